The van der Waals surface area contributed by atoms with Crippen LogP contribution in [0.4, 0.5) is 5.69 Å². The Morgan fingerprint density at radius 1 is 1.29 bits per heavy atom. The van der Waals surface area contributed by atoms with Crippen molar-refractivity contribution in [1.29, 1.82) is 0 Å². The maximum atomic E-state index is 12.4. The quantitative estimate of drug-likeness (QED) is 0.883. The molecule has 1 unspecified atom stereocenters. The summed E-state index contributed by atoms with van der Waals surface area (Å²) in [6.45, 7) is 7.70. The normalized spacial score (nSPS) is 18.9. The number of rotatable bonds is 3. The van der Waals surface area contributed by atoms with E-state index in [1.807, 2.05) is 57.4 Å². The van der Waals surface area contributed by atoms with Gasteiger partial charge in [-0.25, -0.2) is 0 Å². The fraction of sp³-hybridized carbons (Fsp3) is 0.316. The Labute approximate surface area is 145 Å². The van der Waals surface area contributed by atoms with Gasteiger partial charge in [-0.3, -0.25) is 4.79 Å². The summed E-state index contributed by atoms with van der Waals surface area (Å²) in [5.41, 5.74) is 3.98. The van der Waals surface area contributed by atoms with Gasteiger partial charge in [0.2, 0.25) is 0 Å². The smallest absolute Gasteiger partial charge is 0.265 e. The summed E-state index contributed by atoms with van der Waals surface area (Å²) in [7, 11) is 0. The molecule has 2 heterocycles. The van der Waals surface area contributed by atoms with Gasteiger partial charge in [-0.2, -0.15) is 0 Å². The molecule has 1 amide bonds. The fourth-order valence-corrected chi connectivity index (χ4v) is 3.48. The van der Waals surface area contributed by atoms with Gasteiger partial charge in [-0.05, 0) is 61.9 Å². The molecule has 0 fully saturated rings. The Kier molecular flexibility index (Phi) is 4.24. The summed E-state index contributed by atoms with van der Waals surface area (Å²) < 4.78 is 6.05. The van der Waals surface area contributed by atoms with Gasteiger partial charge in [0.15, 0.2) is 0 Å². The van der Waals surface area contributed by atoms with Gasteiger partial charge in [0, 0.05) is 11.3 Å². The van der Waals surface area contributed by atoms with Gasteiger partial charge in [-0.15, -0.1) is 11.3 Å². The first-order valence-corrected chi connectivity index (χ1v) is 8.72. The van der Waals surface area contributed by atoms with Crippen LogP contribution >= 0.6 is 11.3 Å². The third-order valence-electron chi connectivity index (χ3n) is 4.54. The monoisotopic (exact) mass is 343 g/mol. The molecule has 3 rings (SSSR count). The van der Waals surface area contributed by atoms with Gasteiger partial charge in [0.05, 0.1) is 11.5 Å². The second-order valence-corrected chi connectivity index (χ2v) is 7.28. The molecule has 0 bridgehead atoms. The number of fused-ring (bicyclic) bond motifs is 1. The van der Waals surface area contributed by atoms with E-state index in [-0.39, 0.29) is 12.5 Å². The van der Waals surface area contributed by atoms with E-state index in [2.05, 4.69) is 5.32 Å². The van der Waals surface area contributed by atoms with Gasteiger partial charge >= 0.3 is 0 Å². The number of anilines is 1. The number of carbonyl (C=O) groups is 1. The van der Waals surface area contributed by atoms with Crippen LogP contribution in [0.15, 0.2) is 23.6 Å². The zero-order valence-electron chi connectivity index (χ0n) is 14.3. The first kappa shape index (κ1) is 16.7. The average molecular weight is 343 g/mol. The summed E-state index contributed by atoms with van der Waals surface area (Å²) in [6, 6.07) is 3.68. The van der Waals surface area contributed by atoms with Gasteiger partial charge in [-0.1, -0.05) is 12.1 Å². The third kappa shape index (κ3) is 2.74. The van der Waals surface area contributed by atoms with Crippen molar-refractivity contribution in [2.24, 2.45) is 0 Å². The minimum atomic E-state index is -0.710. The maximum Gasteiger partial charge on any atom is 0.265 e. The van der Waals surface area contributed by atoms with Crippen molar-refractivity contribution in [2.75, 3.05) is 11.9 Å². The van der Waals surface area contributed by atoms with Crippen LogP contribution in [0.3, 0.4) is 0 Å². The van der Waals surface area contributed by atoms with Crippen molar-refractivity contribution in [3.8, 4) is 5.75 Å². The van der Waals surface area contributed by atoms with E-state index in [9.17, 15) is 9.90 Å². The van der Waals surface area contributed by atoms with Crippen molar-refractivity contribution in [3.05, 3.63) is 50.7 Å². The van der Waals surface area contributed by atoms with E-state index in [0.29, 0.717) is 4.88 Å². The molecule has 0 saturated carbocycles. The number of ether oxygens (including phenoxy) is 1. The van der Waals surface area contributed by atoms with Crippen molar-refractivity contribution in [3.63, 3.8) is 0 Å². The van der Waals surface area contributed by atoms with Crippen molar-refractivity contribution < 1.29 is 14.6 Å². The number of aliphatic hydroxyl groups is 1. The first-order chi connectivity index (χ1) is 11.4. The van der Waals surface area contributed by atoms with Gasteiger partial charge < -0.3 is 15.2 Å². The Morgan fingerprint density at radius 3 is 2.67 bits per heavy atom. The standard InChI is InChI=1S/C19H21NO3S/c1-11-12(2)17-14(7-8-19(4,10-21)23-17)13(3)16(11)20-18(22)15-6-5-9-24-15/h5-9,21H,10H2,1-4H3,(H,20,22). The SMILES string of the molecule is Cc1c(C)c2c(c(C)c1NC(=O)c1cccs1)C=CC(C)(CO)O2. The molecular formula is C19H21NO3S. The second kappa shape index (κ2) is 6.07. The number of aliphatic hydroxyl groups excluding tert-OH is 1. The Balaban J connectivity index is 2.05. The first-order valence-electron chi connectivity index (χ1n) is 7.84. The highest BCUT2D eigenvalue weighted by Crippen LogP contribution is 2.41. The molecule has 126 valence electrons. The molecule has 0 spiro atoms. The summed E-state index contributed by atoms with van der Waals surface area (Å²) in [5, 5.41) is 14.5. The lowest BCUT2D eigenvalue weighted by molar-refractivity contribution is 0.0633. The molecule has 1 aromatic carbocycles. The molecule has 1 aromatic heterocycles. The number of thiophene rings is 1. The lowest BCUT2D eigenvalue weighted by atomic mass is 9.92. The highest BCUT2D eigenvalue weighted by atomic mass is 32.1. The molecular weight excluding hydrogens is 322 g/mol. The Bertz CT molecular complexity index is 824. The van der Waals surface area contributed by atoms with E-state index in [4.69, 9.17) is 4.74 Å². The second-order valence-electron chi connectivity index (χ2n) is 6.33. The molecule has 1 atom stereocenters. The maximum absolute atomic E-state index is 12.4. The fourth-order valence-electron chi connectivity index (χ4n) is 2.86. The Morgan fingerprint density at radius 2 is 2.04 bits per heavy atom. The minimum absolute atomic E-state index is 0.0860. The predicted molar refractivity (Wildman–Crippen MR) is 98.1 cm³/mol. The van der Waals surface area contributed by atoms with Crippen molar-refractivity contribution >= 4 is 29.0 Å². The van der Waals surface area contributed by atoms with E-state index in [1.165, 1.54) is 11.3 Å². The van der Waals surface area contributed by atoms with Crippen LogP contribution in [-0.4, -0.2) is 23.2 Å². The lowest BCUT2D eigenvalue weighted by Crippen LogP contribution is -2.36. The summed E-state index contributed by atoms with van der Waals surface area (Å²) in [4.78, 5) is 13.1. The van der Waals surface area contributed by atoms with Gasteiger partial charge in [0.1, 0.15) is 11.4 Å². The van der Waals surface area contributed by atoms with E-state index in [1.54, 1.807) is 0 Å². The summed E-state index contributed by atoms with van der Waals surface area (Å²) >= 11 is 1.42. The molecule has 1 aliphatic rings. The molecule has 0 radical (unpaired) electrons. The number of nitrogens with one attached hydrogen (secondary N) is 1. The van der Waals surface area contributed by atoms with Gasteiger partial charge in [0.25, 0.3) is 5.91 Å². The molecule has 24 heavy (non-hydrogen) atoms. The van der Waals surface area contributed by atoms with Crippen molar-refractivity contribution in [2.45, 2.75) is 33.3 Å². The van der Waals surface area contributed by atoms with Crippen LogP contribution in [-0.2, 0) is 0 Å². The average Bonchev–Trinajstić information content (AvgIpc) is 3.11. The summed E-state index contributed by atoms with van der Waals surface area (Å²) in [5.74, 6) is 0.676. The highest BCUT2D eigenvalue weighted by Gasteiger charge is 2.30. The number of carbonyl (C=O) groups excluding carboxylic acids is 1. The zero-order chi connectivity index (χ0) is 17.5. The largest absolute Gasteiger partial charge is 0.480 e. The van der Waals surface area contributed by atoms with Crippen LogP contribution in [0.25, 0.3) is 6.08 Å². The molecule has 2 N–H and O–H groups in total. The zero-order valence-corrected chi connectivity index (χ0v) is 15.1. The number of hydrogen-bond donors (Lipinski definition) is 2. The van der Waals surface area contributed by atoms with Crippen LogP contribution in [0.2, 0.25) is 0 Å². The molecule has 0 saturated heterocycles. The summed E-state index contributed by atoms with van der Waals surface area (Å²) in [6.07, 6.45) is 3.83. The Hall–Kier alpha value is -2.11. The number of amides is 1. The van der Waals surface area contributed by atoms with E-state index >= 15 is 0 Å². The highest BCUT2D eigenvalue weighted by molar-refractivity contribution is 7.12. The van der Waals surface area contributed by atoms with Crippen LogP contribution in [0.1, 0.15) is 38.8 Å². The molecule has 5 heteroatoms. The number of benzene rings is 1. The molecule has 4 nitrogen and oxygen atoms in total. The molecule has 1 aliphatic heterocycles. The lowest BCUT2D eigenvalue weighted by Gasteiger charge is -2.33. The predicted octanol–water partition coefficient (Wildman–Crippen LogP) is 4.08. The van der Waals surface area contributed by atoms with E-state index in [0.717, 1.165) is 33.7 Å². The minimum Gasteiger partial charge on any atom is -0.480 e. The third-order valence-corrected chi connectivity index (χ3v) is 5.41. The van der Waals surface area contributed by atoms with Crippen molar-refractivity contribution in [1.82, 2.24) is 0 Å². The van der Waals surface area contributed by atoms with E-state index < -0.39 is 5.60 Å². The van der Waals surface area contributed by atoms with Crippen LogP contribution < -0.4 is 10.1 Å². The molecule has 2 aromatic rings. The number of hydrogen-bond acceptors (Lipinski definition) is 4. The van der Waals surface area contributed by atoms with Crippen LogP contribution in [0.5, 0.6) is 5.75 Å². The topological polar surface area (TPSA) is 58.6 Å². The molecule has 0 aliphatic carbocycles. The van der Waals surface area contributed by atoms with Crippen LogP contribution in [0, 0.1) is 20.8 Å².